The van der Waals surface area contributed by atoms with E-state index in [0.717, 1.165) is 4.47 Å². The number of halogens is 1. The maximum absolute atomic E-state index is 13.0. The number of aliphatic hydroxyl groups excluding tert-OH is 1. The van der Waals surface area contributed by atoms with Crippen molar-refractivity contribution in [1.29, 1.82) is 0 Å². The number of rotatable bonds is 8. The van der Waals surface area contributed by atoms with Crippen LogP contribution in [0.15, 0.2) is 52.5 Å². The van der Waals surface area contributed by atoms with E-state index in [1.807, 2.05) is 6.92 Å². The number of ether oxygens (including phenoxy) is 3. The van der Waals surface area contributed by atoms with E-state index < -0.39 is 17.7 Å². The maximum atomic E-state index is 13.0. The highest BCUT2D eigenvalue weighted by Gasteiger charge is 2.46. The molecule has 0 aromatic heterocycles. The van der Waals surface area contributed by atoms with Crippen LogP contribution in [-0.4, -0.2) is 55.7 Å². The van der Waals surface area contributed by atoms with Crippen molar-refractivity contribution in [2.75, 3.05) is 34.0 Å². The Morgan fingerprint density at radius 2 is 1.81 bits per heavy atom. The second-order valence-electron chi connectivity index (χ2n) is 6.84. The number of ketones is 1. The number of benzene rings is 2. The number of hydrogen-bond acceptors (Lipinski definition) is 6. The number of nitrogens with zero attached hydrogens (tertiary/aromatic N) is 1. The normalized spacial score (nSPS) is 17.8. The molecule has 0 aliphatic carbocycles. The molecule has 0 spiro atoms. The minimum Gasteiger partial charge on any atom is -0.507 e. The van der Waals surface area contributed by atoms with Gasteiger partial charge in [-0.15, -0.1) is 0 Å². The fraction of sp³-hybridized carbons (Fsp3) is 0.304. The Morgan fingerprint density at radius 3 is 2.42 bits per heavy atom. The largest absolute Gasteiger partial charge is 0.507 e. The lowest BCUT2D eigenvalue weighted by molar-refractivity contribution is -0.140. The van der Waals surface area contributed by atoms with Gasteiger partial charge in [0, 0.05) is 23.7 Å². The molecule has 2 aromatic carbocycles. The van der Waals surface area contributed by atoms with Gasteiger partial charge in [0.2, 0.25) is 0 Å². The van der Waals surface area contributed by atoms with E-state index >= 15 is 0 Å². The number of hydrogen-bond donors (Lipinski definition) is 1. The van der Waals surface area contributed by atoms with Gasteiger partial charge >= 0.3 is 0 Å². The van der Waals surface area contributed by atoms with Crippen LogP contribution in [0, 0.1) is 0 Å². The van der Waals surface area contributed by atoms with Crippen LogP contribution in [0.3, 0.4) is 0 Å². The van der Waals surface area contributed by atoms with E-state index in [0.29, 0.717) is 29.2 Å². The zero-order chi connectivity index (χ0) is 22.5. The molecular weight excluding hydrogens is 466 g/mol. The van der Waals surface area contributed by atoms with Gasteiger partial charge in [-0.3, -0.25) is 9.59 Å². The van der Waals surface area contributed by atoms with Crippen molar-refractivity contribution < 1.29 is 28.9 Å². The Bertz CT molecular complexity index is 1000. The molecule has 1 amide bonds. The van der Waals surface area contributed by atoms with Gasteiger partial charge in [-0.25, -0.2) is 0 Å². The van der Waals surface area contributed by atoms with Gasteiger partial charge in [0.05, 0.1) is 31.9 Å². The molecule has 1 unspecified atom stereocenters. The molecule has 2 aromatic rings. The summed E-state index contributed by atoms with van der Waals surface area (Å²) in [6, 6.07) is 11.3. The quantitative estimate of drug-likeness (QED) is 0.343. The number of carbonyl (C=O) groups excluding carboxylic acids is 2. The van der Waals surface area contributed by atoms with Gasteiger partial charge < -0.3 is 24.2 Å². The molecule has 1 heterocycles. The third-order valence-corrected chi connectivity index (χ3v) is 5.53. The number of likely N-dealkylation sites (tertiary alicyclic amines) is 1. The Balaban J connectivity index is 2.17. The van der Waals surface area contributed by atoms with Gasteiger partial charge in [-0.05, 0) is 36.8 Å². The highest BCUT2D eigenvalue weighted by molar-refractivity contribution is 9.10. The summed E-state index contributed by atoms with van der Waals surface area (Å²) >= 11 is 3.35. The predicted octanol–water partition coefficient (Wildman–Crippen LogP) is 3.92. The topological polar surface area (TPSA) is 85.3 Å². The van der Waals surface area contributed by atoms with E-state index in [1.165, 1.54) is 19.1 Å². The van der Waals surface area contributed by atoms with Crippen molar-refractivity contribution in [2.24, 2.45) is 0 Å². The monoisotopic (exact) mass is 489 g/mol. The van der Waals surface area contributed by atoms with Crippen molar-refractivity contribution >= 4 is 33.4 Å². The Hall–Kier alpha value is -2.84. The first kappa shape index (κ1) is 22.8. The van der Waals surface area contributed by atoms with E-state index in [-0.39, 0.29) is 24.5 Å². The molecule has 31 heavy (non-hydrogen) atoms. The summed E-state index contributed by atoms with van der Waals surface area (Å²) in [6.45, 7) is 2.77. The second kappa shape index (κ2) is 9.98. The lowest BCUT2D eigenvalue weighted by Gasteiger charge is -2.25. The smallest absolute Gasteiger partial charge is 0.295 e. The van der Waals surface area contributed by atoms with Crippen LogP contribution >= 0.6 is 15.9 Å². The van der Waals surface area contributed by atoms with Crippen LogP contribution in [-0.2, 0) is 14.3 Å². The van der Waals surface area contributed by atoms with E-state index in [1.54, 1.807) is 42.5 Å². The summed E-state index contributed by atoms with van der Waals surface area (Å²) in [4.78, 5) is 27.2. The van der Waals surface area contributed by atoms with Gasteiger partial charge in [-0.2, -0.15) is 0 Å². The van der Waals surface area contributed by atoms with Crippen LogP contribution in [0.25, 0.3) is 5.76 Å². The standard InChI is InChI=1S/C23H24BrNO6/c1-4-31-17-10-7-15(13-18(17)30-3)20-19(21(26)14-5-8-16(24)9-6-14)22(27)23(28)25(20)11-12-29-2/h5-10,13,20,26H,4,11-12H2,1-3H3/b21-19-. The summed E-state index contributed by atoms with van der Waals surface area (Å²) in [6.07, 6.45) is 0. The number of carbonyl (C=O) groups is 2. The van der Waals surface area contributed by atoms with Crippen LogP contribution in [0.5, 0.6) is 11.5 Å². The molecule has 1 saturated heterocycles. The predicted molar refractivity (Wildman–Crippen MR) is 119 cm³/mol. The van der Waals surface area contributed by atoms with Gasteiger partial charge in [0.15, 0.2) is 11.5 Å². The van der Waals surface area contributed by atoms with Crippen molar-refractivity contribution in [2.45, 2.75) is 13.0 Å². The number of aliphatic hydroxyl groups is 1. The zero-order valence-electron chi connectivity index (χ0n) is 17.6. The third kappa shape index (κ3) is 4.60. The summed E-state index contributed by atoms with van der Waals surface area (Å²) in [5.41, 5.74) is 1.08. The minimum absolute atomic E-state index is 0.0228. The average Bonchev–Trinajstić information content (AvgIpc) is 3.03. The first-order valence-electron chi connectivity index (χ1n) is 9.76. The molecule has 1 aliphatic heterocycles. The number of methoxy groups -OCH3 is 2. The third-order valence-electron chi connectivity index (χ3n) is 5.00. The molecule has 1 fully saturated rings. The number of amides is 1. The summed E-state index contributed by atoms with van der Waals surface area (Å²) in [5.74, 6) is -0.637. The molecule has 0 saturated carbocycles. The Morgan fingerprint density at radius 1 is 1.10 bits per heavy atom. The molecule has 1 N–H and O–H groups in total. The first-order valence-corrected chi connectivity index (χ1v) is 10.6. The van der Waals surface area contributed by atoms with Crippen LogP contribution in [0.2, 0.25) is 0 Å². The van der Waals surface area contributed by atoms with Crippen LogP contribution in [0.1, 0.15) is 24.1 Å². The summed E-state index contributed by atoms with van der Waals surface area (Å²) in [7, 11) is 3.04. The SMILES string of the molecule is CCOc1ccc(C2/C(=C(/O)c3ccc(Br)cc3)C(=O)C(=O)N2CCOC)cc1OC. The van der Waals surface area contributed by atoms with E-state index in [4.69, 9.17) is 14.2 Å². The lowest BCUT2D eigenvalue weighted by atomic mass is 9.95. The van der Waals surface area contributed by atoms with E-state index in [2.05, 4.69) is 15.9 Å². The fourth-order valence-corrected chi connectivity index (χ4v) is 3.80. The molecule has 8 heteroatoms. The molecule has 1 aliphatic rings. The second-order valence-corrected chi connectivity index (χ2v) is 7.75. The highest BCUT2D eigenvalue weighted by Crippen LogP contribution is 2.41. The Labute approximate surface area is 189 Å². The molecule has 0 radical (unpaired) electrons. The van der Waals surface area contributed by atoms with Gasteiger partial charge in [0.1, 0.15) is 5.76 Å². The van der Waals surface area contributed by atoms with Crippen LogP contribution < -0.4 is 9.47 Å². The molecule has 3 rings (SSSR count). The lowest BCUT2D eigenvalue weighted by Crippen LogP contribution is -2.32. The Kier molecular flexibility index (Phi) is 7.35. The number of Topliss-reactive ketones (excluding diaryl/α,β-unsaturated/α-hetero) is 1. The molecule has 1 atom stereocenters. The average molecular weight is 490 g/mol. The van der Waals surface area contributed by atoms with Crippen molar-refractivity contribution in [3.8, 4) is 11.5 Å². The van der Waals surface area contributed by atoms with Crippen molar-refractivity contribution in [3.05, 3.63) is 63.6 Å². The van der Waals surface area contributed by atoms with Gasteiger partial charge in [0.25, 0.3) is 11.7 Å². The molecule has 7 nitrogen and oxygen atoms in total. The fourth-order valence-electron chi connectivity index (χ4n) is 3.54. The molecule has 0 bridgehead atoms. The van der Waals surface area contributed by atoms with E-state index in [9.17, 15) is 14.7 Å². The van der Waals surface area contributed by atoms with Crippen molar-refractivity contribution in [3.63, 3.8) is 0 Å². The van der Waals surface area contributed by atoms with Crippen LogP contribution in [0.4, 0.5) is 0 Å². The minimum atomic E-state index is -0.789. The van der Waals surface area contributed by atoms with Gasteiger partial charge in [-0.1, -0.05) is 34.1 Å². The highest BCUT2D eigenvalue weighted by atomic mass is 79.9. The summed E-state index contributed by atoms with van der Waals surface area (Å²) in [5, 5.41) is 11.0. The first-order chi connectivity index (χ1) is 14.9. The summed E-state index contributed by atoms with van der Waals surface area (Å²) < 4.78 is 17.0. The zero-order valence-corrected chi connectivity index (χ0v) is 19.1. The maximum Gasteiger partial charge on any atom is 0.295 e. The van der Waals surface area contributed by atoms with Crippen molar-refractivity contribution in [1.82, 2.24) is 4.90 Å². The molecule has 164 valence electrons. The molecular formula is C23H24BrNO6.